The maximum absolute atomic E-state index is 12.9. The van der Waals surface area contributed by atoms with Crippen molar-refractivity contribution >= 4 is 5.96 Å². The third-order valence-electron chi connectivity index (χ3n) is 3.95. The van der Waals surface area contributed by atoms with Crippen LogP contribution in [0.5, 0.6) is 0 Å². The molecule has 0 spiro atoms. The minimum Gasteiger partial charge on any atom is -0.354 e. The van der Waals surface area contributed by atoms with E-state index in [9.17, 15) is 13.2 Å². The zero-order valence-electron chi connectivity index (χ0n) is 13.7. The largest absolute Gasteiger partial charge is 0.416 e. The van der Waals surface area contributed by atoms with E-state index in [0.717, 1.165) is 31.5 Å². The Bertz CT molecular complexity index is 555. The lowest BCUT2D eigenvalue weighted by molar-refractivity contribution is -0.137. The fourth-order valence-corrected chi connectivity index (χ4v) is 2.62. The summed E-state index contributed by atoms with van der Waals surface area (Å²) in [7, 11) is 5.68. The van der Waals surface area contributed by atoms with Crippen LogP contribution in [0, 0.1) is 0 Å². The summed E-state index contributed by atoms with van der Waals surface area (Å²) in [5, 5.41) is 3.26. The SMILES string of the molecule is CN1CCCN=C1NCC(c1cccc(C(F)(F)F)c1)N(C)C. The van der Waals surface area contributed by atoms with Crippen molar-refractivity contribution in [2.75, 3.05) is 40.8 Å². The summed E-state index contributed by atoms with van der Waals surface area (Å²) in [5.74, 6) is 0.801. The van der Waals surface area contributed by atoms with Gasteiger partial charge in [0.05, 0.1) is 11.6 Å². The van der Waals surface area contributed by atoms with Gasteiger partial charge in [-0.3, -0.25) is 4.99 Å². The third kappa shape index (κ3) is 4.60. The number of nitrogens with zero attached hydrogens (tertiary/aromatic N) is 3. The van der Waals surface area contributed by atoms with E-state index in [1.54, 1.807) is 6.07 Å². The lowest BCUT2D eigenvalue weighted by Crippen LogP contribution is -2.45. The normalized spacial score (nSPS) is 17.2. The first-order chi connectivity index (χ1) is 10.8. The van der Waals surface area contributed by atoms with Crippen LogP contribution >= 0.6 is 0 Å². The van der Waals surface area contributed by atoms with Crippen LogP contribution in [0.1, 0.15) is 23.6 Å². The van der Waals surface area contributed by atoms with Gasteiger partial charge in [-0.2, -0.15) is 13.2 Å². The number of benzene rings is 1. The molecule has 0 aliphatic carbocycles. The molecule has 1 aromatic rings. The number of likely N-dealkylation sites (N-methyl/N-ethyl adjacent to an activating group) is 1. The van der Waals surface area contributed by atoms with Crippen molar-refractivity contribution in [1.29, 1.82) is 0 Å². The lowest BCUT2D eigenvalue weighted by Gasteiger charge is -2.30. The minimum atomic E-state index is -4.33. The molecule has 2 rings (SSSR count). The van der Waals surface area contributed by atoms with Crippen molar-refractivity contribution < 1.29 is 13.2 Å². The van der Waals surface area contributed by atoms with Crippen LogP contribution in [-0.2, 0) is 6.18 Å². The molecule has 1 unspecified atom stereocenters. The van der Waals surface area contributed by atoms with E-state index in [2.05, 4.69) is 10.3 Å². The Kier molecular flexibility index (Phi) is 5.51. The highest BCUT2D eigenvalue weighted by Gasteiger charge is 2.31. The number of aliphatic imine (C=N–C) groups is 1. The van der Waals surface area contributed by atoms with Crippen LogP contribution in [0.15, 0.2) is 29.3 Å². The van der Waals surface area contributed by atoms with Crippen molar-refractivity contribution in [3.8, 4) is 0 Å². The van der Waals surface area contributed by atoms with Crippen LogP contribution in [0.3, 0.4) is 0 Å². The van der Waals surface area contributed by atoms with Gasteiger partial charge in [-0.15, -0.1) is 0 Å². The van der Waals surface area contributed by atoms with E-state index in [-0.39, 0.29) is 6.04 Å². The fourth-order valence-electron chi connectivity index (χ4n) is 2.62. The Hall–Kier alpha value is -1.76. The van der Waals surface area contributed by atoms with E-state index in [0.29, 0.717) is 12.1 Å². The molecule has 1 aromatic carbocycles. The molecule has 0 fully saturated rings. The highest BCUT2D eigenvalue weighted by Crippen LogP contribution is 2.31. The molecule has 1 N–H and O–H groups in total. The van der Waals surface area contributed by atoms with Gasteiger partial charge in [-0.05, 0) is 38.2 Å². The quantitative estimate of drug-likeness (QED) is 0.922. The zero-order chi connectivity index (χ0) is 17.0. The van der Waals surface area contributed by atoms with Gasteiger partial charge in [-0.1, -0.05) is 12.1 Å². The van der Waals surface area contributed by atoms with Crippen molar-refractivity contribution in [3.05, 3.63) is 35.4 Å². The number of halogens is 3. The molecule has 0 saturated carbocycles. The fraction of sp³-hybridized carbons (Fsp3) is 0.562. The Morgan fingerprint density at radius 2 is 2.09 bits per heavy atom. The molecule has 0 bridgehead atoms. The predicted molar refractivity (Wildman–Crippen MR) is 85.4 cm³/mol. The van der Waals surface area contributed by atoms with Crippen molar-refractivity contribution in [3.63, 3.8) is 0 Å². The van der Waals surface area contributed by atoms with Gasteiger partial charge in [0.1, 0.15) is 0 Å². The van der Waals surface area contributed by atoms with E-state index in [1.165, 1.54) is 12.1 Å². The Labute approximate surface area is 135 Å². The molecule has 128 valence electrons. The Balaban J connectivity index is 2.14. The maximum Gasteiger partial charge on any atom is 0.416 e. The molecule has 23 heavy (non-hydrogen) atoms. The lowest BCUT2D eigenvalue weighted by atomic mass is 10.0. The number of hydrogen-bond acceptors (Lipinski definition) is 4. The summed E-state index contributed by atoms with van der Waals surface area (Å²) in [6, 6.07) is 5.34. The average molecular weight is 328 g/mol. The van der Waals surface area contributed by atoms with Crippen LogP contribution in [0.2, 0.25) is 0 Å². The van der Waals surface area contributed by atoms with Gasteiger partial charge in [0.2, 0.25) is 0 Å². The van der Waals surface area contributed by atoms with Gasteiger partial charge in [0, 0.05) is 26.7 Å². The molecule has 0 amide bonds. The van der Waals surface area contributed by atoms with Gasteiger partial charge >= 0.3 is 6.18 Å². The highest BCUT2D eigenvalue weighted by molar-refractivity contribution is 5.80. The second-order valence-corrected chi connectivity index (χ2v) is 5.96. The molecule has 0 aromatic heterocycles. The monoisotopic (exact) mass is 328 g/mol. The van der Waals surface area contributed by atoms with Gasteiger partial charge in [0.15, 0.2) is 5.96 Å². The molecule has 0 saturated heterocycles. The second kappa shape index (κ2) is 7.21. The molecular weight excluding hydrogens is 305 g/mol. The highest BCUT2D eigenvalue weighted by atomic mass is 19.4. The zero-order valence-corrected chi connectivity index (χ0v) is 13.7. The van der Waals surface area contributed by atoms with Crippen LogP contribution in [0.25, 0.3) is 0 Å². The molecule has 1 heterocycles. The van der Waals surface area contributed by atoms with Crippen LogP contribution in [-0.4, -0.2) is 56.5 Å². The first-order valence-electron chi connectivity index (χ1n) is 7.62. The van der Waals surface area contributed by atoms with Crippen LogP contribution in [0.4, 0.5) is 13.2 Å². The van der Waals surface area contributed by atoms with Crippen LogP contribution < -0.4 is 5.32 Å². The molecule has 1 aliphatic rings. The number of alkyl halides is 3. The standard InChI is InChI=1S/C16H23F3N4/c1-22(2)14(11-21-15-20-8-5-9-23(15)3)12-6-4-7-13(10-12)16(17,18)19/h4,6-7,10,14H,5,8-9,11H2,1-3H3,(H,20,21). The average Bonchev–Trinajstić information content (AvgIpc) is 2.48. The molecule has 1 atom stereocenters. The summed E-state index contributed by atoms with van der Waals surface area (Å²) >= 11 is 0. The molecule has 1 aliphatic heterocycles. The van der Waals surface area contributed by atoms with E-state index in [1.807, 2.05) is 30.9 Å². The summed E-state index contributed by atoms with van der Waals surface area (Å²) < 4.78 is 38.7. The number of guanidine groups is 1. The van der Waals surface area contributed by atoms with Crippen molar-refractivity contribution in [2.45, 2.75) is 18.6 Å². The molecule has 4 nitrogen and oxygen atoms in total. The Morgan fingerprint density at radius 1 is 1.35 bits per heavy atom. The second-order valence-electron chi connectivity index (χ2n) is 5.96. The van der Waals surface area contributed by atoms with Crippen molar-refractivity contribution in [2.24, 2.45) is 4.99 Å². The number of hydrogen-bond donors (Lipinski definition) is 1. The first-order valence-corrected chi connectivity index (χ1v) is 7.62. The molecule has 0 radical (unpaired) electrons. The van der Waals surface area contributed by atoms with E-state index < -0.39 is 11.7 Å². The topological polar surface area (TPSA) is 30.9 Å². The number of nitrogens with one attached hydrogen (secondary N) is 1. The van der Waals surface area contributed by atoms with E-state index >= 15 is 0 Å². The van der Waals surface area contributed by atoms with Gasteiger partial charge < -0.3 is 15.1 Å². The Morgan fingerprint density at radius 3 is 2.70 bits per heavy atom. The van der Waals surface area contributed by atoms with Gasteiger partial charge in [-0.25, -0.2) is 0 Å². The summed E-state index contributed by atoms with van der Waals surface area (Å²) in [4.78, 5) is 8.36. The molecule has 7 heteroatoms. The van der Waals surface area contributed by atoms with Crippen molar-refractivity contribution in [1.82, 2.24) is 15.1 Å². The number of rotatable bonds is 4. The summed E-state index contributed by atoms with van der Waals surface area (Å²) in [6.45, 7) is 2.21. The summed E-state index contributed by atoms with van der Waals surface area (Å²) in [6.07, 6.45) is -3.31. The summed E-state index contributed by atoms with van der Waals surface area (Å²) in [5.41, 5.74) is 0.0189. The smallest absolute Gasteiger partial charge is 0.354 e. The van der Waals surface area contributed by atoms with Gasteiger partial charge in [0.25, 0.3) is 0 Å². The maximum atomic E-state index is 12.9. The minimum absolute atomic E-state index is 0.171. The molecular formula is C16H23F3N4. The van der Waals surface area contributed by atoms with E-state index in [4.69, 9.17) is 0 Å². The predicted octanol–water partition coefficient (Wildman–Crippen LogP) is 2.59. The first kappa shape index (κ1) is 17.6. The third-order valence-corrected chi connectivity index (χ3v) is 3.95.